The van der Waals surface area contributed by atoms with Gasteiger partial charge in [0.05, 0.1) is 6.61 Å². The van der Waals surface area contributed by atoms with Gasteiger partial charge in [-0.15, -0.1) is 0 Å². The molecule has 0 atom stereocenters. The quantitative estimate of drug-likeness (QED) is 0.414. The molecule has 0 aliphatic carbocycles. The van der Waals surface area contributed by atoms with Crippen LogP contribution in [0.5, 0.6) is 5.75 Å². The van der Waals surface area contributed by atoms with E-state index in [0.29, 0.717) is 36.4 Å². The van der Waals surface area contributed by atoms with Crippen LogP contribution in [0.25, 0.3) is 0 Å². The van der Waals surface area contributed by atoms with Crippen molar-refractivity contribution in [2.45, 2.75) is 20.3 Å². The van der Waals surface area contributed by atoms with Crippen LogP contribution in [0.15, 0.2) is 48.5 Å². The van der Waals surface area contributed by atoms with E-state index in [1.54, 1.807) is 25.1 Å². The Hall–Kier alpha value is -3.35. The van der Waals surface area contributed by atoms with Crippen LogP contribution in [-0.2, 0) is 4.74 Å². The number of hydrogen-bond acceptors (Lipinski definition) is 5. The van der Waals surface area contributed by atoms with Gasteiger partial charge in [0.2, 0.25) is 0 Å². The fourth-order valence-corrected chi connectivity index (χ4v) is 2.40. The third-order valence-corrected chi connectivity index (χ3v) is 3.78. The molecule has 2 rings (SSSR count). The second kappa shape index (κ2) is 10.7. The van der Waals surface area contributed by atoms with Crippen LogP contribution in [0.3, 0.4) is 0 Å². The molecule has 2 amide bonds. The van der Waals surface area contributed by atoms with E-state index in [-0.39, 0.29) is 18.4 Å². The molecule has 2 aromatic rings. The number of benzene rings is 2. The molecule has 0 saturated carbocycles. The lowest BCUT2D eigenvalue weighted by Crippen LogP contribution is -2.29. The third-order valence-electron chi connectivity index (χ3n) is 3.78. The largest absolute Gasteiger partial charge is 0.513 e. The zero-order chi connectivity index (χ0) is 20.4. The van der Waals surface area contributed by atoms with Crippen LogP contribution in [0, 0.1) is 6.92 Å². The highest BCUT2D eigenvalue weighted by Crippen LogP contribution is 2.13. The summed E-state index contributed by atoms with van der Waals surface area (Å²) in [6.07, 6.45) is -0.180. The molecule has 7 heteroatoms. The third kappa shape index (κ3) is 6.75. The van der Waals surface area contributed by atoms with Crippen LogP contribution in [-0.4, -0.2) is 37.7 Å². The number of carbonyl (C=O) groups excluding carboxylic acids is 3. The molecule has 0 aliphatic rings. The highest BCUT2D eigenvalue weighted by Gasteiger charge is 2.08. The molecule has 0 saturated heterocycles. The molecular weight excluding hydrogens is 360 g/mol. The molecule has 0 spiro atoms. The summed E-state index contributed by atoms with van der Waals surface area (Å²) < 4.78 is 9.62. The van der Waals surface area contributed by atoms with Crippen molar-refractivity contribution in [3.05, 3.63) is 65.2 Å². The fraction of sp³-hybridized carbons (Fsp3) is 0.286. The minimum absolute atomic E-state index is 0.132. The molecular formula is C21H24N2O5. The van der Waals surface area contributed by atoms with Gasteiger partial charge in [0.15, 0.2) is 0 Å². The highest BCUT2D eigenvalue weighted by molar-refractivity contribution is 5.95. The molecule has 0 fully saturated rings. The number of rotatable bonds is 8. The molecule has 0 unspecified atom stereocenters. The molecule has 7 nitrogen and oxygen atoms in total. The summed E-state index contributed by atoms with van der Waals surface area (Å²) in [6, 6.07) is 13.5. The van der Waals surface area contributed by atoms with Gasteiger partial charge in [0.1, 0.15) is 5.75 Å². The normalized spacial score (nSPS) is 10.1. The summed E-state index contributed by atoms with van der Waals surface area (Å²) in [5, 5.41) is 5.60. The van der Waals surface area contributed by atoms with Gasteiger partial charge < -0.3 is 20.1 Å². The summed E-state index contributed by atoms with van der Waals surface area (Å²) in [6.45, 7) is 4.72. The van der Waals surface area contributed by atoms with Crippen LogP contribution >= 0.6 is 0 Å². The lowest BCUT2D eigenvalue weighted by Gasteiger charge is -2.08. The number of hydrogen-bond donors (Lipinski definition) is 2. The van der Waals surface area contributed by atoms with Gasteiger partial charge in [-0.25, -0.2) is 4.79 Å². The van der Waals surface area contributed by atoms with E-state index in [9.17, 15) is 14.4 Å². The molecule has 0 aromatic heterocycles. The Morgan fingerprint density at radius 3 is 2.14 bits per heavy atom. The van der Waals surface area contributed by atoms with Crippen LogP contribution in [0.4, 0.5) is 4.79 Å². The van der Waals surface area contributed by atoms with Gasteiger partial charge in [-0.2, -0.15) is 0 Å². The molecule has 28 heavy (non-hydrogen) atoms. The predicted octanol–water partition coefficient (Wildman–Crippen LogP) is 3.08. The Labute approximate surface area is 164 Å². The van der Waals surface area contributed by atoms with Crippen molar-refractivity contribution >= 4 is 18.0 Å². The van der Waals surface area contributed by atoms with E-state index >= 15 is 0 Å². The number of amides is 2. The maximum Gasteiger partial charge on any atom is 0.513 e. The van der Waals surface area contributed by atoms with Crippen LogP contribution < -0.4 is 15.4 Å². The number of ether oxygens (including phenoxy) is 2. The van der Waals surface area contributed by atoms with Crippen molar-refractivity contribution in [3.8, 4) is 5.75 Å². The highest BCUT2D eigenvalue weighted by atomic mass is 16.7. The standard InChI is InChI=1S/C21H24N2O5/c1-3-27-21(26)28-18-10-8-16(9-11-18)19(24)22-12-5-13-23-20(25)17-7-4-6-15(2)14-17/h4,6-11,14H,3,5,12-13H2,1-2H3,(H,22,24)(H,23,25). The molecule has 2 aromatic carbocycles. The first-order valence-electron chi connectivity index (χ1n) is 9.07. The van der Waals surface area contributed by atoms with E-state index in [1.165, 1.54) is 12.1 Å². The minimum atomic E-state index is -0.785. The summed E-state index contributed by atoms with van der Waals surface area (Å²) in [4.78, 5) is 35.4. The molecule has 0 bridgehead atoms. The molecule has 0 heterocycles. The predicted molar refractivity (Wildman–Crippen MR) is 105 cm³/mol. The van der Waals surface area contributed by atoms with Gasteiger partial charge in [-0.1, -0.05) is 17.7 Å². The summed E-state index contributed by atoms with van der Waals surface area (Å²) >= 11 is 0. The fourth-order valence-electron chi connectivity index (χ4n) is 2.40. The number of carbonyl (C=O) groups is 3. The summed E-state index contributed by atoms with van der Waals surface area (Å²) in [5.74, 6) is -0.0752. The van der Waals surface area contributed by atoms with Crippen LogP contribution in [0.1, 0.15) is 39.6 Å². The monoisotopic (exact) mass is 384 g/mol. The lowest BCUT2D eigenvalue weighted by molar-refractivity contribution is 0.0950. The van der Waals surface area contributed by atoms with Crippen molar-refractivity contribution in [2.75, 3.05) is 19.7 Å². The first-order valence-corrected chi connectivity index (χ1v) is 9.07. The Balaban J connectivity index is 1.69. The Morgan fingerprint density at radius 1 is 0.893 bits per heavy atom. The Kier molecular flexibility index (Phi) is 8.02. The summed E-state index contributed by atoms with van der Waals surface area (Å²) in [7, 11) is 0. The average molecular weight is 384 g/mol. The second-order valence-corrected chi connectivity index (χ2v) is 6.04. The molecule has 0 radical (unpaired) electrons. The van der Waals surface area contributed by atoms with Gasteiger partial charge in [0.25, 0.3) is 11.8 Å². The maximum atomic E-state index is 12.1. The van der Waals surface area contributed by atoms with Crippen molar-refractivity contribution in [3.63, 3.8) is 0 Å². The minimum Gasteiger partial charge on any atom is -0.434 e. The maximum absolute atomic E-state index is 12.1. The lowest BCUT2D eigenvalue weighted by atomic mass is 10.1. The van der Waals surface area contributed by atoms with Gasteiger partial charge >= 0.3 is 6.16 Å². The van der Waals surface area contributed by atoms with Gasteiger partial charge in [-0.3, -0.25) is 9.59 Å². The SMILES string of the molecule is CCOC(=O)Oc1ccc(C(=O)NCCCNC(=O)c2cccc(C)c2)cc1. The Bertz CT molecular complexity index is 818. The second-order valence-electron chi connectivity index (χ2n) is 6.04. The van der Waals surface area contributed by atoms with Gasteiger partial charge in [-0.05, 0) is 56.7 Å². The average Bonchev–Trinajstić information content (AvgIpc) is 2.68. The van der Waals surface area contributed by atoms with Crippen molar-refractivity contribution < 1.29 is 23.9 Å². The molecule has 0 aliphatic heterocycles. The van der Waals surface area contributed by atoms with Gasteiger partial charge in [0, 0.05) is 24.2 Å². The topological polar surface area (TPSA) is 93.7 Å². The number of nitrogens with one attached hydrogen (secondary N) is 2. The summed E-state index contributed by atoms with van der Waals surface area (Å²) in [5.41, 5.74) is 2.09. The molecule has 148 valence electrons. The first-order chi connectivity index (χ1) is 13.5. The van der Waals surface area contributed by atoms with Crippen molar-refractivity contribution in [1.82, 2.24) is 10.6 Å². The molecule has 2 N–H and O–H groups in total. The van der Waals surface area contributed by atoms with Crippen molar-refractivity contribution in [1.29, 1.82) is 0 Å². The van der Waals surface area contributed by atoms with E-state index in [0.717, 1.165) is 5.56 Å². The van der Waals surface area contributed by atoms with E-state index in [4.69, 9.17) is 4.74 Å². The Morgan fingerprint density at radius 2 is 1.54 bits per heavy atom. The number of aryl methyl sites for hydroxylation is 1. The smallest absolute Gasteiger partial charge is 0.434 e. The van der Waals surface area contributed by atoms with Crippen molar-refractivity contribution in [2.24, 2.45) is 0 Å². The first kappa shape index (κ1) is 21.0. The zero-order valence-corrected chi connectivity index (χ0v) is 16.0. The zero-order valence-electron chi connectivity index (χ0n) is 16.0. The van der Waals surface area contributed by atoms with E-state index < -0.39 is 6.16 Å². The van der Waals surface area contributed by atoms with E-state index in [2.05, 4.69) is 15.4 Å². The van der Waals surface area contributed by atoms with E-state index in [1.807, 2.05) is 25.1 Å². The van der Waals surface area contributed by atoms with Crippen LogP contribution in [0.2, 0.25) is 0 Å².